The number of carbonyl (C=O) groups excluding carboxylic acids is 1. The number of para-hydroxylation sites is 1. The Balaban J connectivity index is 2.20. The van der Waals surface area contributed by atoms with Gasteiger partial charge in [0.05, 0.1) is 12.2 Å². The van der Waals surface area contributed by atoms with Crippen LogP contribution in [0.1, 0.15) is 30.5 Å². The van der Waals surface area contributed by atoms with Crippen LogP contribution < -0.4 is 4.18 Å². The van der Waals surface area contributed by atoms with Crippen LogP contribution >= 0.6 is 0 Å². The topological polar surface area (TPSA) is 93.5 Å². The molecule has 0 unspecified atom stereocenters. The lowest BCUT2D eigenvalue weighted by Crippen LogP contribution is -2.13. The highest BCUT2D eigenvalue weighted by atomic mass is 32.2. The van der Waals surface area contributed by atoms with E-state index in [0.717, 1.165) is 0 Å². The van der Waals surface area contributed by atoms with E-state index in [4.69, 9.17) is 14.2 Å². The molecule has 0 saturated heterocycles. The molecule has 0 radical (unpaired) electrons. The molecule has 2 aromatic carbocycles. The average molecular weight is 385 g/mol. The number of hydrogen-bond donors (Lipinski definition) is 0. The van der Waals surface area contributed by atoms with Crippen molar-refractivity contribution in [2.45, 2.75) is 19.6 Å². The number of nitriles is 1. The van der Waals surface area contributed by atoms with Gasteiger partial charge in [-0.25, -0.2) is 4.79 Å². The second-order valence-corrected chi connectivity index (χ2v) is 7.24. The summed E-state index contributed by atoms with van der Waals surface area (Å²) in [6.45, 7) is 3.74. The molecule has 6 nitrogen and oxygen atoms in total. The van der Waals surface area contributed by atoms with Gasteiger partial charge < -0.3 is 8.92 Å². The Kier molecular flexibility index (Phi) is 6.74. The monoisotopic (exact) mass is 385 g/mol. The smallest absolute Gasteiger partial charge is 0.331 e. The summed E-state index contributed by atoms with van der Waals surface area (Å²) in [6.07, 6.45) is 1.36. The molecular weight excluding hydrogens is 366 g/mol. The Labute approximate surface area is 158 Å². The average Bonchev–Trinajstić information content (AvgIpc) is 2.61. The van der Waals surface area contributed by atoms with Crippen molar-refractivity contribution in [3.8, 4) is 11.8 Å². The number of ether oxygens (including phenoxy) is 1. The van der Waals surface area contributed by atoms with Crippen molar-refractivity contribution >= 4 is 21.7 Å². The van der Waals surface area contributed by atoms with E-state index in [2.05, 4.69) is 0 Å². The first-order valence-corrected chi connectivity index (χ1v) is 9.78. The van der Waals surface area contributed by atoms with Crippen LogP contribution in [0.15, 0.2) is 54.6 Å². The van der Waals surface area contributed by atoms with Gasteiger partial charge in [0.15, 0.2) is 5.75 Å². The highest BCUT2D eigenvalue weighted by molar-refractivity contribution is 7.86. The van der Waals surface area contributed by atoms with E-state index in [1.807, 2.05) is 6.07 Å². The van der Waals surface area contributed by atoms with Gasteiger partial charge in [-0.05, 0) is 42.7 Å². The molecule has 140 valence electrons. The molecule has 0 fully saturated rings. The van der Waals surface area contributed by atoms with Crippen LogP contribution in [-0.2, 0) is 25.4 Å². The summed E-state index contributed by atoms with van der Waals surface area (Å²) in [4.78, 5) is 11.6. The summed E-state index contributed by atoms with van der Waals surface area (Å²) in [5, 5.41) is 9.04. The summed E-state index contributed by atoms with van der Waals surface area (Å²) in [5.74, 6) is -0.827. The first kappa shape index (κ1) is 20.2. The summed E-state index contributed by atoms with van der Waals surface area (Å²) in [5.41, 5.74) is 2.00. The van der Waals surface area contributed by atoms with Crippen molar-refractivity contribution < 1.29 is 22.1 Å². The molecule has 0 aliphatic heterocycles. The Morgan fingerprint density at radius 1 is 1.19 bits per heavy atom. The van der Waals surface area contributed by atoms with E-state index in [1.165, 1.54) is 18.2 Å². The van der Waals surface area contributed by atoms with Crippen molar-refractivity contribution in [1.29, 1.82) is 5.26 Å². The molecule has 0 aliphatic rings. The number of nitrogens with zero attached hydrogens (tertiary/aromatic N) is 1. The fourth-order valence-electron chi connectivity index (χ4n) is 2.35. The number of benzene rings is 2. The van der Waals surface area contributed by atoms with E-state index in [9.17, 15) is 13.2 Å². The summed E-state index contributed by atoms with van der Waals surface area (Å²) in [6, 6.07) is 14.8. The summed E-state index contributed by atoms with van der Waals surface area (Å²) < 4.78 is 34.7. The van der Waals surface area contributed by atoms with E-state index < -0.39 is 16.1 Å². The van der Waals surface area contributed by atoms with Crippen molar-refractivity contribution in [3.63, 3.8) is 0 Å². The molecule has 0 spiro atoms. The molecule has 27 heavy (non-hydrogen) atoms. The lowest BCUT2D eigenvalue weighted by atomic mass is 10.0. The van der Waals surface area contributed by atoms with Gasteiger partial charge in [-0.2, -0.15) is 13.7 Å². The first-order valence-electron chi connectivity index (χ1n) is 8.20. The van der Waals surface area contributed by atoms with Crippen LogP contribution in [0, 0.1) is 11.3 Å². The fraction of sp³-hybridized carbons (Fsp3) is 0.200. The maximum absolute atomic E-state index is 12.4. The number of allylic oxidation sites excluding steroid dienone is 1. The molecule has 2 rings (SSSR count). The minimum Gasteiger partial charge on any atom is -0.463 e. The maximum Gasteiger partial charge on any atom is 0.331 e. The number of esters is 1. The molecule has 0 heterocycles. The zero-order valence-corrected chi connectivity index (χ0v) is 15.8. The van der Waals surface area contributed by atoms with Crippen molar-refractivity contribution in [3.05, 3.63) is 71.3 Å². The van der Waals surface area contributed by atoms with Crippen molar-refractivity contribution in [1.82, 2.24) is 0 Å². The van der Waals surface area contributed by atoms with Crippen molar-refractivity contribution in [2.75, 3.05) is 6.61 Å². The maximum atomic E-state index is 12.4. The zero-order valence-electron chi connectivity index (χ0n) is 15.0. The van der Waals surface area contributed by atoms with Crippen LogP contribution in [0.4, 0.5) is 0 Å². The zero-order chi connectivity index (χ0) is 19.9. The lowest BCUT2D eigenvalue weighted by molar-refractivity contribution is -0.137. The van der Waals surface area contributed by atoms with Gasteiger partial charge in [0.25, 0.3) is 0 Å². The summed E-state index contributed by atoms with van der Waals surface area (Å²) in [7, 11) is -3.96. The molecule has 0 atom stereocenters. The minimum atomic E-state index is -3.96. The predicted molar refractivity (Wildman–Crippen MR) is 101 cm³/mol. The molecule has 0 bridgehead atoms. The minimum absolute atomic E-state index is 0.00505. The highest BCUT2D eigenvalue weighted by Crippen LogP contribution is 2.22. The van der Waals surface area contributed by atoms with E-state index in [1.54, 1.807) is 50.2 Å². The fourth-order valence-corrected chi connectivity index (χ4v) is 3.42. The number of rotatable bonds is 7. The van der Waals surface area contributed by atoms with Crippen LogP contribution in [0.5, 0.6) is 5.75 Å². The largest absolute Gasteiger partial charge is 0.463 e. The lowest BCUT2D eigenvalue weighted by Gasteiger charge is -2.09. The van der Waals surface area contributed by atoms with Crippen molar-refractivity contribution in [2.24, 2.45) is 0 Å². The Morgan fingerprint density at radius 2 is 1.93 bits per heavy atom. The third-order valence-electron chi connectivity index (χ3n) is 3.57. The van der Waals surface area contributed by atoms with Gasteiger partial charge in [-0.1, -0.05) is 36.4 Å². The standard InChI is InChI=1S/C20H19NO5S/c1-3-25-20(22)11-15(2)17-9-6-7-16(12-17)14-27(23,24)26-19-10-5-4-8-18(19)13-21/h4-12H,3,14H2,1-2H3/b15-11-. The molecule has 0 saturated carbocycles. The predicted octanol–water partition coefficient (Wildman–Crippen LogP) is 3.43. The molecular formula is C20H19NO5S. The van der Waals surface area contributed by atoms with Crippen LogP contribution in [0.3, 0.4) is 0 Å². The Bertz CT molecular complexity index is 1000. The highest BCUT2D eigenvalue weighted by Gasteiger charge is 2.17. The Morgan fingerprint density at radius 3 is 2.63 bits per heavy atom. The third kappa shape index (κ3) is 5.97. The van der Waals surface area contributed by atoms with E-state index in [0.29, 0.717) is 16.7 Å². The van der Waals surface area contributed by atoms with Gasteiger partial charge in [0.1, 0.15) is 11.8 Å². The van der Waals surface area contributed by atoms with Crippen LogP contribution in [0.2, 0.25) is 0 Å². The molecule has 2 aromatic rings. The summed E-state index contributed by atoms with van der Waals surface area (Å²) >= 11 is 0. The van der Waals surface area contributed by atoms with Crippen LogP contribution in [-0.4, -0.2) is 21.0 Å². The third-order valence-corrected chi connectivity index (χ3v) is 4.69. The number of hydrogen-bond acceptors (Lipinski definition) is 6. The number of carbonyl (C=O) groups is 1. The molecule has 0 aliphatic carbocycles. The second kappa shape index (κ2) is 9.01. The van der Waals surface area contributed by atoms with Gasteiger partial charge in [0.2, 0.25) is 0 Å². The first-order chi connectivity index (χ1) is 12.8. The van der Waals surface area contributed by atoms with Crippen LogP contribution in [0.25, 0.3) is 5.57 Å². The molecule has 0 aromatic heterocycles. The SMILES string of the molecule is CCOC(=O)/C=C(/C)c1cccc(CS(=O)(=O)Oc2ccccc2C#N)c1. The van der Waals surface area contributed by atoms with E-state index in [-0.39, 0.29) is 23.7 Å². The molecule has 0 amide bonds. The molecule has 0 N–H and O–H groups in total. The normalized spacial score (nSPS) is 11.5. The Hall–Kier alpha value is -3.11. The van der Waals surface area contributed by atoms with E-state index >= 15 is 0 Å². The van der Waals surface area contributed by atoms with Gasteiger partial charge >= 0.3 is 16.1 Å². The van der Waals surface area contributed by atoms with Gasteiger partial charge in [0, 0.05) is 6.08 Å². The quantitative estimate of drug-likeness (QED) is 0.412. The molecule has 7 heteroatoms. The van der Waals surface area contributed by atoms with Gasteiger partial charge in [-0.3, -0.25) is 0 Å². The van der Waals surface area contributed by atoms with Gasteiger partial charge in [-0.15, -0.1) is 0 Å². The second-order valence-electron chi connectivity index (χ2n) is 5.67.